The Morgan fingerprint density at radius 1 is 0.941 bits per heavy atom. The Balaban J connectivity index is 1.48. The number of benzene rings is 4. The molecule has 34 heavy (non-hydrogen) atoms. The molecule has 2 nitrogen and oxygen atoms in total. The number of fused-ring (bicyclic) bond motifs is 9. The SMILES string of the molecule is CC12CCC(F)CC1(C)N1c3cccc4c3B(c3cccc2c31)c1ccc2ccccc2c1O4. The van der Waals surface area contributed by atoms with Gasteiger partial charge in [0.05, 0.1) is 5.54 Å². The molecule has 0 aromatic heterocycles. The summed E-state index contributed by atoms with van der Waals surface area (Å²) in [5, 5.41) is 2.34. The quantitative estimate of drug-likeness (QED) is 0.294. The van der Waals surface area contributed by atoms with Gasteiger partial charge in [-0.2, -0.15) is 0 Å². The van der Waals surface area contributed by atoms with Crippen molar-refractivity contribution in [3.63, 3.8) is 0 Å². The summed E-state index contributed by atoms with van der Waals surface area (Å²) < 4.78 is 21.7. The van der Waals surface area contributed by atoms with Gasteiger partial charge < -0.3 is 9.64 Å². The van der Waals surface area contributed by atoms with Gasteiger partial charge in [0.1, 0.15) is 17.7 Å². The van der Waals surface area contributed by atoms with Crippen LogP contribution in [0.4, 0.5) is 15.8 Å². The number of nitrogens with zero attached hydrogens (tertiary/aromatic N) is 1. The number of hydrogen-bond donors (Lipinski definition) is 0. The van der Waals surface area contributed by atoms with Crippen LogP contribution in [0, 0.1) is 0 Å². The van der Waals surface area contributed by atoms with Gasteiger partial charge >= 0.3 is 0 Å². The highest BCUT2D eigenvalue weighted by atomic mass is 19.1. The van der Waals surface area contributed by atoms with E-state index in [0.29, 0.717) is 12.8 Å². The normalized spacial score (nSPS) is 27.6. The third kappa shape index (κ3) is 2.02. The van der Waals surface area contributed by atoms with E-state index in [4.69, 9.17) is 4.74 Å². The molecule has 3 atom stereocenters. The smallest absolute Gasteiger partial charge is 0.256 e. The molecule has 4 aromatic carbocycles. The van der Waals surface area contributed by atoms with Gasteiger partial charge in [0.25, 0.3) is 6.71 Å². The fraction of sp³-hybridized carbons (Fsp3) is 0.267. The summed E-state index contributed by atoms with van der Waals surface area (Å²) in [5.41, 5.74) is 7.23. The Kier molecular flexibility index (Phi) is 3.39. The number of alkyl halides is 1. The van der Waals surface area contributed by atoms with E-state index in [1.54, 1.807) is 0 Å². The van der Waals surface area contributed by atoms with E-state index in [2.05, 4.69) is 91.5 Å². The van der Waals surface area contributed by atoms with Crippen molar-refractivity contribution >= 4 is 45.2 Å². The Labute approximate surface area is 199 Å². The van der Waals surface area contributed by atoms with Crippen molar-refractivity contribution in [1.29, 1.82) is 0 Å². The fourth-order valence-electron chi connectivity index (χ4n) is 7.65. The van der Waals surface area contributed by atoms with Crippen LogP contribution in [0.2, 0.25) is 0 Å². The van der Waals surface area contributed by atoms with Crippen molar-refractivity contribution in [3.8, 4) is 11.5 Å². The second kappa shape index (κ2) is 6.04. The van der Waals surface area contributed by atoms with Gasteiger partial charge in [-0.15, -0.1) is 0 Å². The highest BCUT2D eigenvalue weighted by Gasteiger charge is 2.62. The minimum absolute atomic E-state index is 0.0930. The van der Waals surface area contributed by atoms with Crippen LogP contribution in [0.5, 0.6) is 11.5 Å². The van der Waals surface area contributed by atoms with E-state index in [0.717, 1.165) is 23.3 Å². The molecule has 3 aliphatic heterocycles. The maximum Gasteiger partial charge on any atom is 0.256 e. The zero-order chi connectivity index (χ0) is 22.8. The van der Waals surface area contributed by atoms with Gasteiger partial charge in [0, 0.05) is 28.6 Å². The van der Waals surface area contributed by atoms with E-state index in [1.165, 1.54) is 38.7 Å². The average Bonchev–Trinajstić information content (AvgIpc) is 3.06. The lowest BCUT2D eigenvalue weighted by Gasteiger charge is -2.52. The summed E-state index contributed by atoms with van der Waals surface area (Å²) in [7, 11) is 0. The van der Waals surface area contributed by atoms with Crippen LogP contribution in [0.25, 0.3) is 10.8 Å². The number of halogens is 1. The highest BCUT2D eigenvalue weighted by molar-refractivity contribution is 6.99. The summed E-state index contributed by atoms with van der Waals surface area (Å²) in [5.74, 6) is 1.89. The number of hydrogen-bond acceptors (Lipinski definition) is 2. The zero-order valence-electron chi connectivity index (χ0n) is 19.4. The lowest BCUT2D eigenvalue weighted by molar-refractivity contribution is 0.115. The van der Waals surface area contributed by atoms with Crippen LogP contribution in [-0.2, 0) is 5.41 Å². The minimum atomic E-state index is -0.767. The minimum Gasteiger partial charge on any atom is -0.458 e. The first-order valence-corrected chi connectivity index (χ1v) is 12.4. The topological polar surface area (TPSA) is 12.5 Å². The van der Waals surface area contributed by atoms with Crippen molar-refractivity contribution in [1.82, 2.24) is 0 Å². The average molecular weight is 445 g/mol. The number of anilines is 2. The number of ether oxygens (including phenoxy) is 1. The number of rotatable bonds is 0. The number of para-hydroxylation sites is 1. The van der Waals surface area contributed by atoms with Crippen molar-refractivity contribution in [2.45, 2.75) is 50.2 Å². The van der Waals surface area contributed by atoms with E-state index < -0.39 is 6.17 Å². The molecular formula is C30H25BFNO. The third-order valence-corrected chi connectivity index (χ3v) is 9.46. The molecular weight excluding hydrogens is 420 g/mol. The van der Waals surface area contributed by atoms with E-state index in [1.807, 2.05) is 0 Å². The largest absolute Gasteiger partial charge is 0.458 e. The van der Waals surface area contributed by atoms with Gasteiger partial charge in [-0.1, -0.05) is 67.6 Å². The molecule has 4 aliphatic rings. The summed E-state index contributed by atoms with van der Waals surface area (Å²) in [6, 6.07) is 26.2. The molecule has 3 heterocycles. The lowest BCUT2D eigenvalue weighted by Crippen LogP contribution is -2.64. The molecule has 3 unspecified atom stereocenters. The maximum atomic E-state index is 15.0. The molecule has 1 aliphatic carbocycles. The molecule has 1 saturated carbocycles. The van der Waals surface area contributed by atoms with E-state index >= 15 is 0 Å². The lowest BCUT2D eigenvalue weighted by atomic mass is 9.34. The molecule has 4 aromatic rings. The first-order valence-electron chi connectivity index (χ1n) is 12.4. The second-order valence-electron chi connectivity index (χ2n) is 11.0. The molecule has 0 radical (unpaired) electrons. The van der Waals surface area contributed by atoms with Crippen molar-refractivity contribution < 1.29 is 9.13 Å². The molecule has 0 spiro atoms. The Morgan fingerprint density at radius 3 is 2.71 bits per heavy atom. The van der Waals surface area contributed by atoms with Crippen LogP contribution in [0.3, 0.4) is 0 Å². The van der Waals surface area contributed by atoms with Crippen molar-refractivity contribution in [3.05, 3.63) is 78.4 Å². The standard InChI is InChI=1S/C30H25BFNO/c1-29-16-15-19(32)17-30(29,2)33-24-11-6-12-25-26(24)31(22-10-5-9-21(29)27(22)33)23-14-13-18-7-3-4-8-20(18)28(23)34-25/h3-14,19H,15-17H2,1-2H3. The molecule has 8 rings (SSSR count). The van der Waals surface area contributed by atoms with Gasteiger partial charge in [-0.05, 0) is 59.2 Å². The third-order valence-electron chi connectivity index (χ3n) is 9.46. The molecule has 0 amide bonds. The fourth-order valence-corrected chi connectivity index (χ4v) is 7.65. The van der Waals surface area contributed by atoms with Crippen molar-refractivity contribution in [2.75, 3.05) is 4.90 Å². The molecule has 0 bridgehead atoms. The summed E-state index contributed by atoms with van der Waals surface area (Å²) >= 11 is 0. The maximum absolute atomic E-state index is 15.0. The van der Waals surface area contributed by atoms with Crippen LogP contribution < -0.4 is 26.0 Å². The molecule has 1 fully saturated rings. The predicted octanol–water partition coefficient (Wildman–Crippen LogP) is 5.47. The molecule has 166 valence electrons. The van der Waals surface area contributed by atoms with Gasteiger partial charge in [-0.3, -0.25) is 0 Å². The monoisotopic (exact) mass is 445 g/mol. The first kappa shape index (κ1) is 19.1. The van der Waals surface area contributed by atoms with E-state index in [9.17, 15) is 4.39 Å². The Morgan fingerprint density at radius 2 is 1.79 bits per heavy atom. The zero-order valence-corrected chi connectivity index (χ0v) is 19.4. The van der Waals surface area contributed by atoms with Gasteiger partial charge in [0.15, 0.2) is 0 Å². The molecule has 4 heteroatoms. The molecule has 0 N–H and O–H groups in total. The van der Waals surface area contributed by atoms with Crippen LogP contribution >= 0.6 is 0 Å². The summed E-state index contributed by atoms with van der Waals surface area (Å²) in [6.07, 6.45) is 1.29. The van der Waals surface area contributed by atoms with Crippen molar-refractivity contribution in [2.24, 2.45) is 0 Å². The van der Waals surface area contributed by atoms with Gasteiger partial charge in [-0.25, -0.2) is 4.39 Å². The highest BCUT2D eigenvalue weighted by Crippen LogP contribution is 2.61. The van der Waals surface area contributed by atoms with Crippen LogP contribution in [-0.4, -0.2) is 18.4 Å². The predicted molar refractivity (Wildman–Crippen MR) is 138 cm³/mol. The van der Waals surface area contributed by atoms with Crippen LogP contribution in [0.1, 0.15) is 38.7 Å². The first-order chi connectivity index (χ1) is 16.5. The summed E-state index contributed by atoms with van der Waals surface area (Å²) in [6.45, 7) is 4.76. The van der Waals surface area contributed by atoms with E-state index in [-0.39, 0.29) is 17.7 Å². The Bertz CT molecular complexity index is 1550. The Hall–Kier alpha value is -3.27. The summed E-state index contributed by atoms with van der Waals surface area (Å²) in [4.78, 5) is 2.49. The van der Waals surface area contributed by atoms with Crippen LogP contribution in [0.15, 0.2) is 72.8 Å². The van der Waals surface area contributed by atoms with Gasteiger partial charge in [0.2, 0.25) is 0 Å². The second-order valence-corrected chi connectivity index (χ2v) is 11.0. The molecule has 0 saturated heterocycles.